The van der Waals surface area contributed by atoms with E-state index < -0.39 is 11.8 Å². The van der Waals surface area contributed by atoms with Crippen molar-refractivity contribution >= 4 is 17.8 Å². The number of ether oxygens (including phenoxy) is 2. The Morgan fingerprint density at radius 1 is 1.05 bits per heavy atom. The van der Waals surface area contributed by atoms with E-state index in [1.165, 1.54) is 0 Å². The van der Waals surface area contributed by atoms with Gasteiger partial charge in [0.15, 0.2) is 11.5 Å². The summed E-state index contributed by atoms with van der Waals surface area (Å²) >= 11 is 0. The number of methoxy groups -OCH3 is 2. The van der Waals surface area contributed by atoms with Crippen molar-refractivity contribution in [2.75, 3.05) is 20.8 Å². The Labute approximate surface area is 116 Å². The smallest absolute Gasteiger partial charge is 0.316 e. The van der Waals surface area contributed by atoms with Crippen LogP contribution in [-0.4, -0.2) is 38.5 Å². The van der Waals surface area contributed by atoms with Gasteiger partial charge in [-0.15, -0.1) is 0 Å². The highest BCUT2D eigenvalue weighted by atomic mass is 16.5. The Morgan fingerprint density at radius 3 is 2.30 bits per heavy atom. The molecule has 0 aromatic heterocycles. The van der Waals surface area contributed by atoms with Crippen molar-refractivity contribution in [1.29, 1.82) is 0 Å². The van der Waals surface area contributed by atoms with Crippen LogP contribution >= 0.6 is 0 Å². The molecule has 2 rings (SSSR count). The summed E-state index contributed by atoms with van der Waals surface area (Å²) in [5.74, 6) is 0.142. The lowest BCUT2D eigenvalue weighted by Crippen LogP contribution is -2.26. The van der Waals surface area contributed by atoms with E-state index in [-0.39, 0.29) is 5.96 Å². The largest absolute Gasteiger partial charge is 0.493 e. The van der Waals surface area contributed by atoms with Crippen LogP contribution < -0.4 is 20.1 Å². The second kappa shape index (κ2) is 6.05. The van der Waals surface area contributed by atoms with E-state index in [4.69, 9.17) is 9.47 Å². The fourth-order valence-corrected chi connectivity index (χ4v) is 1.77. The number of nitrogens with one attached hydrogen (secondary N) is 2. The summed E-state index contributed by atoms with van der Waals surface area (Å²) in [7, 11) is 3.15. The van der Waals surface area contributed by atoms with Gasteiger partial charge in [0, 0.05) is 6.54 Å². The number of rotatable bonds is 5. The highest BCUT2D eigenvalue weighted by Crippen LogP contribution is 2.27. The lowest BCUT2D eigenvalue weighted by Gasteiger charge is -2.08. The number of aliphatic imine (C=N–C) groups is 1. The minimum Gasteiger partial charge on any atom is -0.493 e. The Bertz CT molecular complexity index is 551. The second-order valence-electron chi connectivity index (χ2n) is 4.08. The van der Waals surface area contributed by atoms with Crippen LogP contribution in [-0.2, 0) is 16.0 Å². The van der Waals surface area contributed by atoms with Gasteiger partial charge in [-0.25, -0.2) is 0 Å². The quantitative estimate of drug-likeness (QED) is 0.732. The molecule has 0 saturated carbocycles. The molecule has 7 nitrogen and oxygen atoms in total. The number of hydrogen-bond acceptors (Lipinski definition) is 5. The van der Waals surface area contributed by atoms with E-state index in [0.29, 0.717) is 24.5 Å². The third kappa shape index (κ3) is 3.05. The molecule has 0 atom stereocenters. The topological polar surface area (TPSA) is 89.0 Å². The first-order valence-electron chi connectivity index (χ1n) is 6.01. The molecule has 1 aromatic rings. The molecule has 1 aromatic carbocycles. The SMILES string of the molecule is COc1ccc(CCN=C2NC(=O)C(=O)N2)cc1OC. The summed E-state index contributed by atoms with van der Waals surface area (Å²) in [6.45, 7) is 0.436. The zero-order valence-corrected chi connectivity index (χ0v) is 11.2. The first kappa shape index (κ1) is 13.9. The molecule has 2 N–H and O–H groups in total. The molecule has 1 aliphatic rings. The normalized spacial score (nSPS) is 13.8. The van der Waals surface area contributed by atoms with Crippen LogP contribution in [0.25, 0.3) is 0 Å². The molecule has 0 bridgehead atoms. The van der Waals surface area contributed by atoms with Crippen LogP contribution in [0.2, 0.25) is 0 Å². The molecule has 0 unspecified atom stereocenters. The number of carbonyl (C=O) groups excluding carboxylic acids is 2. The maximum atomic E-state index is 10.9. The molecule has 1 aliphatic heterocycles. The molecule has 0 radical (unpaired) electrons. The molecule has 1 saturated heterocycles. The van der Waals surface area contributed by atoms with Crippen LogP contribution in [0.5, 0.6) is 11.5 Å². The lowest BCUT2D eigenvalue weighted by molar-refractivity contribution is -0.135. The highest BCUT2D eigenvalue weighted by Gasteiger charge is 2.24. The fourth-order valence-electron chi connectivity index (χ4n) is 1.77. The molecule has 1 heterocycles. The van der Waals surface area contributed by atoms with Gasteiger partial charge in [-0.05, 0) is 24.1 Å². The van der Waals surface area contributed by atoms with Gasteiger partial charge in [0.05, 0.1) is 14.2 Å². The van der Waals surface area contributed by atoms with Crippen LogP contribution in [0, 0.1) is 0 Å². The average Bonchev–Trinajstić information content (AvgIpc) is 2.77. The Kier molecular flexibility index (Phi) is 4.19. The lowest BCUT2D eigenvalue weighted by atomic mass is 10.1. The van der Waals surface area contributed by atoms with Crippen molar-refractivity contribution in [2.24, 2.45) is 4.99 Å². The molecule has 1 fully saturated rings. The molecular formula is C13H15N3O4. The summed E-state index contributed by atoms with van der Waals surface area (Å²) in [5.41, 5.74) is 1.02. The van der Waals surface area contributed by atoms with Crippen molar-refractivity contribution < 1.29 is 19.1 Å². The predicted molar refractivity (Wildman–Crippen MR) is 71.8 cm³/mol. The van der Waals surface area contributed by atoms with Gasteiger partial charge in [0.25, 0.3) is 0 Å². The van der Waals surface area contributed by atoms with Gasteiger partial charge in [-0.1, -0.05) is 6.07 Å². The molecule has 0 aliphatic carbocycles. The molecule has 20 heavy (non-hydrogen) atoms. The third-order valence-corrected chi connectivity index (χ3v) is 2.79. The van der Waals surface area contributed by atoms with E-state index in [1.54, 1.807) is 14.2 Å². The highest BCUT2D eigenvalue weighted by molar-refractivity contribution is 6.45. The Balaban J connectivity index is 1.96. The Hall–Kier alpha value is -2.57. The van der Waals surface area contributed by atoms with E-state index >= 15 is 0 Å². The minimum absolute atomic E-state index is 0.195. The van der Waals surface area contributed by atoms with Gasteiger partial charge < -0.3 is 9.47 Å². The number of hydrogen-bond donors (Lipinski definition) is 2. The molecular weight excluding hydrogens is 262 g/mol. The van der Waals surface area contributed by atoms with Crippen LogP contribution in [0.1, 0.15) is 5.56 Å². The monoisotopic (exact) mass is 277 g/mol. The summed E-state index contributed by atoms with van der Waals surface area (Å²) in [4.78, 5) is 26.0. The van der Waals surface area contributed by atoms with E-state index in [2.05, 4.69) is 15.6 Å². The van der Waals surface area contributed by atoms with Gasteiger partial charge >= 0.3 is 11.8 Å². The van der Waals surface area contributed by atoms with Gasteiger partial charge in [-0.2, -0.15) is 0 Å². The van der Waals surface area contributed by atoms with Crippen LogP contribution in [0.3, 0.4) is 0 Å². The van der Waals surface area contributed by atoms with Crippen LogP contribution in [0.15, 0.2) is 23.2 Å². The van der Waals surface area contributed by atoms with Crippen molar-refractivity contribution in [3.8, 4) is 11.5 Å². The van der Waals surface area contributed by atoms with Gasteiger partial charge in [0.2, 0.25) is 5.96 Å². The third-order valence-electron chi connectivity index (χ3n) is 2.79. The number of nitrogens with zero attached hydrogens (tertiary/aromatic N) is 1. The summed E-state index contributed by atoms with van der Waals surface area (Å²) in [6, 6.07) is 5.60. The maximum absolute atomic E-state index is 10.9. The minimum atomic E-state index is -0.685. The molecule has 7 heteroatoms. The van der Waals surface area contributed by atoms with E-state index in [1.807, 2.05) is 18.2 Å². The fraction of sp³-hybridized carbons (Fsp3) is 0.308. The summed E-state index contributed by atoms with van der Waals surface area (Å²) in [5, 5.41) is 4.67. The van der Waals surface area contributed by atoms with Gasteiger partial charge in [0.1, 0.15) is 0 Å². The van der Waals surface area contributed by atoms with Crippen molar-refractivity contribution in [3.63, 3.8) is 0 Å². The molecule has 0 spiro atoms. The zero-order valence-electron chi connectivity index (χ0n) is 11.2. The summed E-state index contributed by atoms with van der Waals surface area (Å²) in [6.07, 6.45) is 0.648. The van der Waals surface area contributed by atoms with Crippen molar-refractivity contribution in [1.82, 2.24) is 10.6 Å². The average molecular weight is 277 g/mol. The summed E-state index contributed by atoms with van der Waals surface area (Å²) < 4.78 is 10.4. The van der Waals surface area contributed by atoms with Gasteiger partial charge in [-0.3, -0.25) is 25.2 Å². The first-order valence-corrected chi connectivity index (χ1v) is 6.01. The van der Waals surface area contributed by atoms with Crippen molar-refractivity contribution in [2.45, 2.75) is 6.42 Å². The molecule has 2 amide bonds. The van der Waals surface area contributed by atoms with E-state index in [0.717, 1.165) is 5.56 Å². The zero-order chi connectivity index (χ0) is 14.5. The number of guanidine groups is 1. The maximum Gasteiger partial charge on any atom is 0.316 e. The first-order chi connectivity index (χ1) is 9.63. The predicted octanol–water partition coefficient (Wildman–Crippen LogP) is -0.152. The standard InChI is InChI=1S/C13H15N3O4/c1-19-9-4-3-8(7-10(9)20-2)5-6-14-13-15-11(17)12(18)16-13/h3-4,7H,5-6H2,1-2H3,(H2,14,15,16,17,18). The van der Waals surface area contributed by atoms with E-state index in [9.17, 15) is 9.59 Å². The van der Waals surface area contributed by atoms with Crippen molar-refractivity contribution in [3.05, 3.63) is 23.8 Å². The van der Waals surface area contributed by atoms with Crippen LogP contribution in [0.4, 0.5) is 0 Å². The second-order valence-corrected chi connectivity index (χ2v) is 4.08. The number of amides is 2. The number of benzene rings is 1. The Morgan fingerprint density at radius 2 is 1.70 bits per heavy atom. The number of carbonyl (C=O) groups is 2. The molecule has 106 valence electrons.